The first kappa shape index (κ1) is 9.92. The Morgan fingerprint density at radius 1 is 1.60 bits per heavy atom. The fraction of sp³-hybridized carbons (Fsp3) is 0.111. The van der Waals surface area contributed by atoms with Gasteiger partial charge < -0.3 is 9.73 Å². The second kappa shape index (κ2) is 3.86. The topological polar surface area (TPSA) is 55.1 Å². The molecule has 0 aliphatic carbocycles. The zero-order valence-electron chi connectivity index (χ0n) is 7.41. The van der Waals surface area contributed by atoms with Crippen LogP contribution in [0.2, 0.25) is 0 Å². The number of rotatable bonds is 2. The first-order valence-electron chi connectivity index (χ1n) is 4.09. The molecule has 0 saturated carbocycles. The number of para-hydroxylation sites is 1. The maximum absolute atomic E-state index is 12.4. The lowest BCUT2D eigenvalue weighted by atomic mass is 10.3. The van der Waals surface area contributed by atoms with Crippen LogP contribution in [0.25, 0.3) is 11.1 Å². The zero-order chi connectivity index (χ0) is 10.8. The molecule has 1 atom stereocenters. The van der Waals surface area contributed by atoms with Crippen LogP contribution in [0.4, 0.5) is 10.1 Å². The first-order valence-corrected chi connectivity index (χ1v) is 4.53. The molecule has 0 fully saturated rings. The van der Waals surface area contributed by atoms with Gasteiger partial charge in [0.2, 0.25) is 0 Å². The van der Waals surface area contributed by atoms with Crippen molar-refractivity contribution in [2.24, 2.45) is 0 Å². The van der Waals surface area contributed by atoms with E-state index in [4.69, 9.17) is 16.0 Å². The van der Waals surface area contributed by atoms with Crippen molar-refractivity contribution in [3.8, 4) is 0 Å². The highest BCUT2D eigenvalue weighted by Crippen LogP contribution is 2.21. The lowest BCUT2D eigenvalue weighted by molar-refractivity contribution is -0.118. The summed E-state index contributed by atoms with van der Waals surface area (Å²) in [6, 6.07) is 4.93. The standard InChI is InChI=1S/C9H6ClFN2O2/c10-8(11)9(14)13-5-2-1-3-6-7(5)12-4-15-6/h1-4,8H,(H,13,14). The van der Waals surface area contributed by atoms with Crippen molar-refractivity contribution < 1.29 is 13.6 Å². The third kappa shape index (κ3) is 1.92. The molecule has 1 aromatic carbocycles. The van der Waals surface area contributed by atoms with Crippen LogP contribution in [-0.2, 0) is 4.79 Å². The number of hydrogen-bond acceptors (Lipinski definition) is 3. The summed E-state index contributed by atoms with van der Waals surface area (Å²) < 4.78 is 17.4. The van der Waals surface area contributed by atoms with Crippen LogP contribution in [0.1, 0.15) is 0 Å². The minimum absolute atomic E-state index is 0.370. The summed E-state index contributed by atoms with van der Waals surface area (Å²) in [5.41, 5.74) is -0.734. The lowest BCUT2D eigenvalue weighted by Crippen LogP contribution is -2.19. The molecule has 6 heteroatoms. The summed E-state index contributed by atoms with van der Waals surface area (Å²) in [6.45, 7) is 0. The van der Waals surface area contributed by atoms with E-state index in [1.54, 1.807) is 18.2 Å². The normalized spacial score (nSPS) is 12.7. The van der Waals surface area contributed by atoms with Crippen LogP contribution in [0, 0.1) is 0 Å². The fourth-order valence-electron chi connectivity index (χ4n) is 1.17. The quantitative estimate of drug-likeness (QED) is 0.803. The van der Waals surface area contributed by atoms with E-state index < -0.39 is 11.5 Å². The molecular formula is C9H6ClFN2O2. The minimum atomic E-state index is -2.08. The summed E-state index contributed by atoms with van der Waals surface area (Å²) in [5.74, 6) is -0.924. The van der Waals surface area contributed by atoms with Crippen molar-refractivity contribution in [3.05, 3.63) is 24.6 Å². The number of fused-ring (bicyclic) bond motifs is 1. The van der Waals surface area contributed by atoms with Crippen molar-refractivity contribution >= 4 is 34.3 Å². The second-order valence-electron chi connectivity index (χ2n) is 2.79. The second-order valence-corrected chi connectivity index (χ2v) is 3.18. The molecule has 1 amide bonds. The molecule has 2 rings (SSSR count). The molecule has 0 bridgehead atoms. The van der Waals surface area contributed by atoms with Gasteiger partial charge in [0.1, 0.15) is 5.52 Å². The number of benzene rings is 1. The Hall–Kier alpha value is -1.62. The van der Waals surface area contributed by atoms with E-state index in [-0.39, 0.29) is 0 Å². The summed E-state index contributed by atoms with van der Waals surface area (Å²) in [7, 11) is 0. The summed E-state index contributed by atoms with van der Waals surface area (Å²) >= 11 is 4.98. The third-order valence-electron chi connectivity index (χ3n) is 1.82. The van der Waals surface area contributed by atoms with E-state index in [9.17, 15) is 9.18 Å². The molecule has 0 saturated heterocycles. The fourth-order valence-corrected chi connectivity index (χ4v) is 1.23. The molecule has 0 aliphatic heterocycles. The van der Waals surface area contributed by atoms with Gasteiger partial charge in [-0.15, -0.1) is 0 Å². The summed E-state index contributed by atoms with van der Waals surface area (Å²) in [5, 5.41) is 2.30. The minimum Gasteiger partial charge on any atom is -0.443 e. The van der Waals surface area contributed by atoms with Crippen LogP contribution in [-0.4, -0.2) is 16.5 Å². The Balaban J connectivity index is 2.35. The average Bonchev–Trinajstić information content (AvgIpc) is 2.66. The van der Waals surface area contributed by atoms with Crippen LogP contribution in [0.15, 0.2) is 29.0 Å². The third-order valence-corrected chi connectivity index (χ3v) is 2.01. The Morgan fingerprint density at radius 3 is 3.13 bits per heavy atom. The van der Waals surface area contributed by atoms with Gasteiger partial charge in [-0.25, -0.2) is 9.37 Å². The van der Waals surface area contributed by atoms with Gasteiger partial charge in [0, 0.05) is 0 Å². The van der Waals surface area contributed by atoms with Crippen LogP contribution < -0.4 is 5.32 Å². The molecule has 4 nitrogen and oxygen atoms in total. The summed E-state index contributed by atoms with van der Waals surface area (Å²) in [4.78, 5) is 14.9. The van der Waals surface area contributed by atoms with E-state index >= 15 is 0 Å². The Kier molecular flexibility index (Phi) is 2.55. The van der Waals surface area contributed by atoms with Crippen LogP contribution >= 0.6 is 11.6 Å². The predicted octanol–water partition coefficient (Wildman–Crippen LogP) is 2.30. The molecule has 1 unspecified atom stereocenters. The SMILES string of the molecule is O=C(Nc1cccc2ocnc12)C(F)Cl. The number of amides is 1. The highest BCUT2D eigenvalue weighted by Gasteiger charge is 2.15. The smallest absolute Gasteiger partial charge is 0.274 e. The van der Waals surface area contributed by atoms with Crippen molar-refractivity contribution in [2.45, 2.75) is 5.63 Å². The van der Waals surface area contributed by atoms with Crippen LogP contribution in [0.3, 0.4) is 0 Å². The van der Waals surface area contributed by atoms with Gasteiger partial charge >= 0.3 is 0 Å². The van der Waals surface area contributed by atoms with E-state index in [0.29, 0.717) is 16.8 Å². The van der Waals surface area contributed by atoms with Crippen molar-refractivity contribution in [1.82, 2.24) is 4.98 Å². The zero-order valence-corrected chi connectivity index (χ0v) is 8.16. The molecule has 1 N–H and O–H groups in total. The number of alkyl halides is 2. The van der Waals surface area contributed by atoms with E-state index in [0.717, 1.165) is 0 Å². The van der Waals surface area contributed by atoms with Gasteiger partial charge in [-0.1, -0.05) is 17.7 Å². The van der Waals surface area contributed by atoms with Crippen molar-refractivity contribution in [3.63, 3.8) is 0 Å². The molecule has 78 valence electrons. The number of aromatic nitrogens is 1. The molecular weight excluding hydrogens is 223 g/mol. The maximum atomic E-state index is 12.4. The van der Waals surface area contributed by atoms with Gasteiger partial charge in [0.15, 0.2) is 12.0 Å². The molecule has 0 spiro atoms. The van der Waals surface area contributed by atoms with Gasteiger partial charge in [-0.05, 0) is 12.1 Å². The largest absolute Gasteiger partial charge is 0.443 e. The number of nitrogens with one attached hydrogen (secondary N) is 1. The monoisotopic (exact) mass is 228 g/mol. The molecule has 0 radical (unpaired) electrons. The average molecular weight is 229 g/mol. The Labute approximate surface area is 89.0 Å². The van der Waals surface area contributed by atoms with Gasteiger partial charge in [0.25, 0.3) is 11.5 Å². The van der Waals surface area contributed by atoms with Crippen LogP contribution in [0.5, 0.6) is 0 Å². The highest BCUT2D eigenvalue weighted by molar-refractivity contribution is 6.31. The van der Waals surface area contributed by atoms with E-state index in [1.807, 2.05) is 0 Å². The molecule has 2 aromatic rings. The number of halogens is 2. The number of oxazole rings is 1. The lowest BCUT2D eigenvalue weighted by Gasteiger charge is -2.04. The Morgan fingerprint density at radius 2 is 2.40 bits per heavy atom. The highest BCUT2D eigenvalue weighted by atomic mass is 35.5. The summed E-state index contributed by atoms with van der Waals surface area (Å²) in [6.07, 6.45) is 1.24. The number of carbonyl (C=O) groups excluding carboxylic acids is 1. The number of carbonyl (C=O) groups is 1. The van der Waals surface area contributed by atoms with E-state index in [1.165, 1.54) is 6.39 Å². The van der Waals surface area contributed by atoms with Crippen molar-refractivity contribution in [2.75, 3.05) is 5.32 Å². The molecule has 1 heterocycles. The number of anilines is 1. The molecule has 1 aromatic heterocycles. The number of nitrogens with zero attached hydrogens (tertiary/aromatic N) is 1. The predicted molar refractivity (Wildman–Crippen MR) is 53.4 cm³/mol. The molecule has 15 heavy (non-hydrogen) atoms. The first-order chi connectivity index (χ1) is 7.18. The van der Waals surface area contributed by atoms with Gasteiger partial charge in [0.05, 0.1) is 5.69 Å². The Bertz CT molecular complexity index is 498. The number of hydrogen-bond donors (Lipinski definition) is 1. The molecule has 0 aliphatic rings. The van der Waals surface area contributed by atoms with Gasteiger partial charge in [-0.3, -0.25) is 4.79 Å². The van der Waals surface area contributed by atoms with Gasteiger partial charge in [-0.2, -0.15) is 0 Å². The maximum Gasteiger partial charge on any atom is 0.274 e. The van der Waals surface area contributed by atoms with Crippen molar-refractivity contribution in [1.29, 1.82) is 0 Å². The van der Waals surface area contributed by atoms with E-state index in [2.05, 4.69) is 10.3 Å².